The van der Waals surface area contributed by atoms with Gasteiger partial charge in [0.2, 0.25) is 0 Å². The number of ether oxygens (including phenoxy) is 1. The van der Waals surface area contributed by atoms with Crippen molar-refractivity contribution in [3.8, 4) is 11.8 Å². The van der Waals surface area contributed by atoms with Gasteiger partial charge < -0.3 is 10.5 Å². The molecule has 0 spiro atoms. The van der Waals surface area contributed by atoms with Gasteiger partial charge in [-0.2, -0.15) is 0 Å². The number of aromatic nitrogens is 2. The summed E-state index contributed by atoms with van der Waals surface area (Å²) < 4.78 is 6.40. The fourth-order valence-corrected chi connectivity index (χ4v) is 2.24. The lowest BCUT2D eigenvalue weighted by Crippen LogP contribution is -2.17. The first-order chi connectivity index (χ1) is 9.04. The first-order valence-electron chi connectivity index (χ1n) is 5.74. The van der Waals surface area contributed by atoms with Gasteiger partial charge in [0.1, 0.15) is 5.75 Å². The lowest BCUT2D eigenvalue weighted by atomic mass is 10.1. The molecule has 6 heteroatoms. The van der Waals surface area contributed by atoms with Crippen LogP contribution in [0, 0.1) is 0 Å². The van der Waals surface area contributed by atoms with Crippen LogP contribution in [0.15, 0.2) is 35.1 Å². The summed E-state index contributed by atoms with van der Waals surface area (Å²) in [7, 11) is 0. The Morgan fingerprint density at radius 1 is 1.37 bits per heavy atom. The number of hydrogen-bond acceptors (Lipinski definition) is 4. The third kappa shape index (κ3) is 4.16. The van der Waals surface area contributed by atoms with Crippen molar-refractivity contribution < 1.29 is 4.74 Å². The molecule has 0 aliphatic heterocycles. The van der Waals surface area contributed by atoms with Gasteiger partial charge >= 0.3 is 6.01 Å². The number of nitrogens with two attached hydrogens (primary N) is 1. The average molecular weight is 343 g/mol. The summed E-state index contributed by atoms with van der Waals surface area (Å²) in [5.74, 6) is 0.518. The molecule has 0 fully saturated rings. The molecule has 0 saturated carbocycles. The van der Waals surface area contributed by atoms with Crippen molar-refractivity contribution in [2.24, 2.45) is 5.73 Å². The fraction of sp³-hybridized carbons (Fsp3) is 0.231. The first kappa shape index (κ1) is 14.2. The highest BCUT2D eigenvalue weighted by atomic mass is 79.9. The zero-order valence-corrected chi connectivity index (χ0v) is 12.6. The molecule has 19 heavy (non-hydrogen) atoms. The van der Waals surface area contributed by atoms with Crippen molar-refractivity contribution in [2.45, 2.75) is 19.4 Å². The topological polar surface area (TPSA) is 61.0 Å². The summed E-state index contributed by atoms with van der Waals surface area (Å²) in [5, 5.41) is 0.498. The third-order valence-corrected chi connectivity index (χ3v) is 3.12. The second-order valence-electron chi connectivity index (χ2n) is 4.23. The van der Waals surface area contributed by atoms with Gasteiger partial charge in [-0.25, -0.2) is 9.97 Å². The summed E-state index contributed by atoms with van der Waals surface area (Å²) in [6, 6.07) is 5.69. The van der Waals surface area contributed by atoms with Crippen molar-refractivity contribution in [3.63, 3.8) is 0 Å². The SMILES string of the molecule is CC(N)Cc1cnc(Oc2ccc(Br)cc2Cl)nc1. The normalized spacial score (nSPS) is 12.2. The summed E-state index contributed by atoms with van der Waals surface area (Å²) in [6.45, 7) is 1.94. The van der Waals surface area contributed by atoms with E-state index in [2.05, 4.69) is 25.9 Å². The van der Waals surface area contributed by atoms with E-state index in [4.69, 9.17) is 22.1 Å². The monoisotopic (exact) mass is 341 g/mol. The second kappa shape index (κ2) is 6.32. The van der Waals surface area contributed by atoms with Crippen LogP contribution in [0.25, 0.3) is 0 Å². The Bertz CT molecular complexity index is 560. The summed E-state index contributed by atoms with van der Waals surface area (Å²) in [4.78, 5) is 8.26. The Hall–Kier alpha value is -1.17. The summed E-state index contributed by atoms with van der Waals surface area (Å²) >= 11 is 9.38. The van der Waals surface area contributed by atoms with Gasteiger partial charge in [-0.1, -0.05) is 27.5 Å². The number of rotatable bonds is 4. The maximum Gasteiger partial charge on any atom is 0.321 e. The van der Waals surface area contributed by atoms with E-state index in [9.17, 15) is 0 Å². The quantitative estimate of drug-likeness (QED) is 0.922. The number of halogens is 2. The molecule has 100 valence electrons. The second-order valence-corrected chi connectivity index (χ2v) is 5.55. The Balaban J connectivity index is 2.10. The zero-order valence-electron chi connectivity index (χ0n) is 10.3. The molecule has 0 amide bonds. The molecule has 2 N–H and O–H groups in total. The molecule has 0 aliphatic carbocycles. The van der Waals surface area contributed by atoms with E-state index in [1.54, 1.807) is 24.5 Å². The molecule has 2 aromatic rings. The van der Waals surface area contributed by atoms with Crippen LogP contribution in [0.3, 0.4) is 0 Å². The minimum atomic E-state index is 0.0799. The first-order valence-corrected chi connectivity index (χ1v) is 6.91. The van der Waals surface area contributed by atoms with Crippen LogP contribution in [0.2, 0.25) is 5.02 Å². The average Bonchev–Trinajstić information content (AvgIpc) is 2.34. The highest BCUT2D eigenvalue weighted by Gasteiger charge is 2.06. The van der Waals surface area contributed by atoms with E-state index in [1.165, 1.54) is 0 Å². The van der Waals surface area contributed by atoms with Gasteiger partial charge in [-0.15, -0.1) is 0 Å². The fourth-order valence-electron chi connectivity index (χ4n) is 1.53. The molecule has 1 unspecified atom stereocenters. The molecular weight excluding hydrogens is 330 g/mol. The van der Waals surface area contributed by atoms with E-state index in [0.717, 1.165) is 16.5 Å². The smallest absolute Gasteiger partial charge is 0.321 e. The van der Waals surface area contributed by atoms with Crippen LogP contribution in [-0.4, -0.2) is 16.0 Å². The molecule has 1 heterocycles. The van der Waals surface area contributed by atoms with Crippen molar-refractivity contribution in [1.29, 1.82) is 0 Å². The van der Waals surface area contributed by atoms with E-state index >= 15 is 0 Å². The van der Waals surface area contributed by atoms with Crippen molar-refractivity contribution >= 4 is 27.5 Å². The van der Waals surface area contributed by atoms with Crippen LogP contribution in [0.4, 0.5) is 0 Å². The maximum absolute atomic E-state index is 6.05. The maximum atomic E-state index is 6.05. The van der Waals surface area contributed by atoms with Gasteiger partial charge in [-0.05, 0) is 37.1 Å². The molecule has 1 atom stereocenters. The van der Waals surface area contributed by atoms with Crippen LogP contribution in [0.5, 0.6) is 11.8 Å². The Labute approximate surface area is 125 Å². The molecule has 4 nitrogen and oxygen atoms in total. The van der Waals surface area contributed by atoms with Crippen LogP contribution in [0.1, 0.15) is 12.5 Å². The van der Waals surface area contributed by atoms with Gasteiger partial charge in [0.15, 0.2) is 0 Å². The number of benzene rings is 1. The molecular formula is C13H13BrClN3O. The Kier molecular flexibility index (Phi) is 4.74. The van der Waals surface area contributed by atoms with E-state index < -0.39 is 0 Å². The van der Waals surface area contributed by atoms with Crippen LogP contribution < -0.4 is 10.5 Å². The lowest BCUT2D eigenvalue weighted by Gasteiger charge is -2.07. The predicted octanol–water partition coefficient (Wildman–Crippen LogP) is 3.57. The summed E-state index contributed by atoms with van der Waals surface area (Å²) in [6.07, 6.45) is 4.15. The molecule has 0 saturated heterocycles. The van der Waals surface area contributed by atoms with Gasteiger partial charge in [0.05, 0.1) is 5.02 Å². The van der Waals surface area contributed by atoms with Crippen molar-refractivity contribution in [1.82, 2.24) is 9.97 Å². The molecule has 2 rings (SSSR count). The zero-order chi connectivity index (χ0) is 13.8. The third-order valence-electron chi connectivity index (χ3n) is 2.33. The number of hydrogen-bond donors (Lipinski definition) is 1. The van der Waals surface area contributed by atoms with E-state index in [0.29, 0.717) is 10.8 Å². The van der Waals surface area contributed by atoms with E-state index in [1.807, 2.05) is 13.0 Å². The molecule has 0 radical (unpaired) electrons. The standard InChI is InChI=1S/C13H13BrClN3O/c1-8(16)4-9-6-17-13(18-7-9)19-12-3-2-10(14)5-11(12)15/h2-3,5-8H,4,16H2,1H3. The minimum Gasteiger partial charge on any atom is -0.423 e. The lowest BCUT2D eigenvalue weighted by molar-refractivity contribution is 0.441. The van der Waals surface area contributed by atoms with Gasteiger partial charge in [0.25, 0.3) is 0 Å². The predicted molar refractivity (Wildman–Crippen MR) is 78.6 cm³/mol. The highest BCUT2D eigenvalue weighted by molar-refractivity contribution is 9.10. The molecule has 0 bridgehead atoms. The Morgan fingerprint density at radius 2 is 2.05 bits per heavy atom. The number of nitrogens with zero attached hydrogens (tertiary/aromatic N) is 2. The molecule has 1 aromatic carbocycles. The van der Waals surface area contributed by atoms with Crippen molar-refractivity contribution in [2.75, 3.05) is 0 Å². The van der Waals surface area contributed by atoms with Crippen LogP contribution in [-0.2, 0) is 6.42 Å². The Morgan fingerprint density at radius 3 is 2.63 bits per heavy atom. The van der Waals surface area contributed by atoms with Gasteiger partial charge in [-0.3, -0.25) is 0 Å². The van der Waals surface area contributed by atoms with E-state index in [-0.39, 0.29) is 12.1 Å². The summed E-state index contributed by atoms with van der Waals surface area (Å²) in [5.41, 5.74) is 6.69. The largest absolute Gasteiger partial charge is 0.423 e. The minimum absolute atomic E-state index is 0.0799. The highest BCUT2D eigenvalue weighted by Crippen LogP contribution is 2.30. The van der Waals surface area contributed by atoms with Gasteiger partial charge in [0, 0.05) is 22.9 Å². The molecule has 0 aliphatic rings. The van der Waals surface area contributed by atoms with Crippen LogP contribution >= 0.6 is 27.5 Å². The van der Waals surface area contributed by atoms with Crippen molar-refractivity contribution in [3.05, 3.63) is 45.7 Å². The molecule has 1 aromatic heterocycles.